The van der Waals surface area contributed by atoms with Crippen molar-refractivity contribution in [2.45, 2.75) is 31.0 Å². The van der Waals surface area contributed by atoms with Crippen molar-refractivity contribution in [1.82, 2.24) is 19.8 Å². The minimum absolute atomic E-state index is 0.0256. The van der Waals surface area contributed by atoms with Gasteiger partial charge in [-0.2, -0.15) is 0 Å². The van der Waals surface area contributed by atoms with Crippen LogP contribution in [0.15, 0.2) is 79.1 Å². The molecule has 6 rings (SSSR count). The van der Waals surface area contributed by atoms with Gasteiger partial charge in [-0.25, -0.2) is 0 Å². The molecule has 0 amide bonds. The minimum Gasteiger partial charge on any atom is -0.468 e. The number of Topliss-reactive ketones (excluding diaryl/α,β-unsaturated/α-hetero) is 1. The van der Waals surface area contributed by atoms with Gasteiger partial charge in [-0.1, -0.05) is 42.5 Å². The topological polar surface area (TPSA) is 102 Å². The highest BCUT2D eigenvalue weighted by atomic mass is 16.5. The van der Waals surface area contributed by atoms with Crippen molar-refractivity contribution in [2.75, 3.05) is 33.9 Å². The number of fused-ring (bicyclic) bond motifs is 4. The lowest BCUT2D eigenvalue weighted by molar-refractivity contribution is -0.203. The summed E-state index contributed by atoms with van der Waals surface area (Å²) in [6.45, 7) is 0.736. The van der Waals surface area contributed by atoms with E-state index in [0.29, 0.717) is 18.7 Å². The Labute approximate surface area is 233 Å². The normalized spacial score (nSPS) is 28.9. The summed E-state index contributed by atoms with van der Waals surface area (Å²) < 4.78 is 10.8. The summed E-state index contributed by atoms with van der Waals surface area (Å²) in [4.78, 5) is 56.4. The summed E-state index contributed by atoms with van der Waals surface area (Å²) in [6, 6.07) is 19.4. The zero-order chi connectivity index (χ0) is 27.9. The molecule has 9 heteroatoms. The fourth-order valence-electron chi connectivity index (χ4n) is 7.43. The molecule has 3 aromatic rings. The number of nitrogens with zero attached hydrogens (tertiary/aromatic N) is 4. The van der Waals surface area contributed by atoms with Crippen LogP contribution in [0.25, 0.3) is 0 Å². The van der Waals surface area contributed by atoms with Crippen molar-refractivity contribution < 1.29 is 23.9 Å². The van der Waals surface area contributed by atoms with Crippen LogP contribution in [0.5, 0.6) is 0 Å². The maximum absolute atomic E-state index is 14.9. The Kier molecular flexibility index (Phi) is 6.72. The number of ketones is 1. The molecule has 0 aliphatic carbocycles. The number of carbonyl (C=O) groups excluding carboxylic acids is 3. The van der Waals surface area contributed by atoms with E-state index in [9.17, 15) is 14.4 Å². The Morgan fingerprint density at radius 2 is 1.52 bits per heavy atom. The van der Waals surface area contributed by atoms with Gasteiger partial charge in [0.2, 0.25) is 0 Å². The molecular weight excluding hydrogens is 508 g/mol. The highest BCUT2D eigenvalue weighted by Crippen LogP contribution is 2.59. The molecule has 3 aliphatic heterocycles. The number of likely N-dealkylation sites (tertiary alicyclic amines) is 1. The van der Waals surface area contributed by atoms with Gasteiger partial charge in [0.15, 0.2) is 16.6 Å². The van der Waals surface area contributed by atoms with E-state index in [2.05, 4.69) is 19.8 Å². The third-order valence-electron chi connectivity index (χ3n) is 8.89. The molecule has 0 spiro atoms. The van der Waals surface area contributed by atoms with E-state index in [4.69, 9.17) is 9.47 Å². The van der Waals surface area contributed by atoms with Gasteiger partial charge in [0.05, 0.1) is 37.7 Å². The number of methoxy groups -OCH3 is 2. The quantitative estimate of drug-likeness (QED) is 0.345. The molecule has 3 fully saturated rings. The lowest BCUT2D eigenvalue weighted by Gasteiger charge is -2.61. The fourth-order valence-corrected chi connectivity index (χ4v) is 7.43. The Morgan fingerprint density at radius 1 is 0.875 bits per heavy atom. The number of ether oxygens (including phenoxy) is 2. The number of rotatable bonds is 6. The van der Waals surface area contributed by atoms with Gasteiger partial charge in [-0.05, 0) is 49.2 Å². The minimum atomic E-state index is -1.72. The lowest BCUT2D eigenvalue weighted by Crippen LogP contribution is -2.77. The van der Waals surface area contributed by atoms with E-state index in [1.165, 1.54) is 14.2 Å². The zero-order valence-corrected chi connectivity index (χ0v) is 22.6. The first-order chi connectivity index (χ1) is 19.5. The van der Waals surface area contributed by atoms with Crippen molar-refractivity contribution in [2.24, 2.45) is 10.8 Å². The number of hydrogen-bond acceptors (Lipinski definition) is 9. The summed E-state index contributed by atoms with van der Waals surface area (Å²) in [5, 5.41) is 0. The summed E-state index contributed by atoms with van der Waals surface area (Å²) >= 11 is 0. The second-order valence-electron chi connectivity index (χ2n) is 10.8. The van der Waals surface area contributed by atoms with E-state index in [-0.39, 0.29) is 13.1 Å². The SMILES string of the molecule is COC(=O)C12CN(C(c3ccccc3)c3ccccn3)CC(C(=O)OC)(C1=O)C(c1ccccn1)N1CCCC12. The summed E-state index contributed by atoms with van der Waals surface area (Å²) in [7, 11) is 2.60. The van der Waals surface area contributed by atoms with Crippen LogP contribution in [0.3, 0.4) is 0 Å². The first-order valence-electron chi connectivity index (χ1n) is 13.6. The number of carbonyl (C=O) groups is 3. The number of aromatic nitrogens is 2. The molecule has 0 radical (unpaired) electrons. The molecule has 0 saturated carbocycles. The van der Waals surface area contributed by atoms with Crippen molar-refractivity contribution >= 4 is 17.7 Å². The average Bonchev–Trinajstić information content (AvgIpc) is 3.48. The van der Waals surface area contributed by atoms with Crippen molar-refractivity contribution in [1.29, 1.82) is 0 Å². The van der Waals surface area contributed by atoms with Gasteiger partial charge in [-0.15, -0.1) is 0 Å². The maximum Gasteiger partial charge on any atom is 0.322 e. The second kappa shape index (κ2) is 10.2. The van der Waals surface area contributed by atoms with Crippen LogP contribution < -0.4 is 0 Å². The molecule has 2 aromatic heterocycles. The van der Waals surface area contributed by atoms with Crippen LogP contribution in [0.2, 0.25) is 0 Å². The Morgan fingerprint density at radius 3 is 2.17 bits per heavy atom. The number of esters is 2. The summed E-state index contributed by atoms with van der Waals surface area (Å²) in [6.07, 6.45) is 4.79. The molecule has 1 aromatic carbocycles. The highest BCUT2D eigenvalue weighted by Gasteiger charge is 2.76. The van der Waals surface area contributed by atoms with Crippen molar-refractivity contribution in [3.8, 4) is 0 Å². The van der Waals surface area contributed by atoms with Gasteiger partial charge >= 0.3 is 11.9 Å². The monoisotopic (exact) mass is 540 g/mol. The van der Waals surface area contributed by atoms with Crippen LogP contribution in [-0.2, 0) is 23.9 Å². The van der Waals surface area contributed by atoms with Gasteiger partial charge in [0, 0.05) is 31.5 Å². The predicted molar refractivity (Wildman–Crippen MR) is 145 cm³/mol. The zero-order valence-electron chi connectivity index (χ0n) is 22.6. The maximum atomic E-state index is 14.9. The molecule has 40 heavy (non-hydrogen) atoms. The van der Waals surface area contributed by atoms with Crippen molar-refractivity contribution in [3.63, 3.8) is 0 Å². The molecule has 3 aliphatic rings. The van der Waals surface area contributed by atoms with Crippen LogP contribution >= 0.6 is 0 Å². The molecule has 5 unspecified atom stereocenters. The largest absolute Gasteiger partial charge is 0.468 e. The molecule has 5 heterocycles. The van der Waals surface area contributed by atoms with Crippen molar-refractivity contribution in [3.05, 3.63) is 96.1 Å². The number of piperidine rings is 2. The van der Waals surface area contributed by atoms with E-state index in [1.807, 2.05) is 60.7 Å². The van der Waals surface area contributed by atoms with E-state index >= 15 is 0 Å². The molecule has 5 atom stereocenters. The van der Waals surface area contributed by atoms with Gasteiger partial charge in [-0.3, -0.25) is 34.2 Å². The predicted octanol–water partition coefficient (Wildman–Crippen LogP) is 2.99. The molecular formula is C31H32N4O5. The third-order valence-corrected chi connectivity index (χ3v) is 8.89. The molecule has 3 saturated heterocycles. The van der Waals surface area contributed by atoms with Gasteiger partial charge < -0.3 is 9.47 Å². The first kappa shape index (κ1) is 26.3. The Hall–Kier alpha value is -3.95. The van der Waals surface area contributed by atoms with E-state index in [1.54, 1.807) is 18.5 Å². The molecule has 2 bridgehead atoms. The number of pyridine rings is 2. The smallest absolute Gasteiger partial charge is 0.322 e. The fraction of sp³-hybridized carbons (Fsp3) is 0.387. The molecule has 206 valence electrons. The first-order valence-corrected chi connectivity index (χ1v) is 13.6. The Bertz CT molecular complexity index is 1370. The van der Waals surface area contributed by atoms with E-state index < -0.39 is 46.7 Å². The number of hydrogen-bond donors (Lipinski definition) is 0. The van der Waals surface area contributed by atoms with Crippen LogP contribution in [-0.4, -0.2) is 77.4 Å². The third kappa shape index (κ3) is 3.72. The molecule has 9 nitrogen and oxygen atoms in total. The second-order valence-corrected chi connectivity index (χ2v) is 10.8. The van der Waals surface area contributed by atoms with Gasteiger partial charge in [0.1, 0.15) is 0 Å². The lowest BCUT2D eigenvalue weighted by atomic mass is 9.55. The number of benzene rings is 1. The summed E-state index contributed by atoms with van der Waals surface area (Å²) in [5.74, 6) is -1.74. The van der Waals surface area contributed by atoms with Crippen LogP contribution in [0.1, 0.15) is 41.9 Å². The highest BCUT2D eigenvalue weighted by molar-refractivity contribution is 6.17. The average molecular weight is 541 g/mol. The van der Waals surface area contributed by atoms with Crippen LogP contribution in [0.4, 0.5) is 0 Å². The Balaban J connectivity index is 1.63. The van der Waals surface area contributed by atoms with Gasteiger partial charge in [0.25, 0.3) is 0 Å². The summed E-state index contributed by atoms with van der Waals surface area (Å²) in [5.41, 5.74) is -1.03. The van der Waals surface area contributed by atoms with Crippen LogP contribution in [0, 0.1) is 10.8 Å². The standard InChI is InChI=1S/C31H32N4O5/c1-39-28(37)30-19-34(25(21-11-4-3-5-12-21)22-13-6-8-16-32-22)20-31(27(30)36,29(38)40-2)26(23-14-7-9-17-33-23)35-18-10-15-24(30)35/h3-9,11-14,16-17,24-26H,10,15,18-20H2,1-2H3. The van der Waals surface area contributed by atoms with E-state index in [0.717, 1.165) is 17.7 Å². The molecule has 0 N–H and O–H groups in total.